The van der Waals surface area contributed by atoms with Gasteiger partial charge in [-0.2, -0.15) is 13.2 Å². The molecule has 1 saturated heterocycles. The van der Waals surface area contributed by atoms with E-state index in [0.717, 1.165) is 17.0 Å². The molecular weight excluding hydrogens is 582 g/mol. The molecule has 6 rings (SSSR count). The molecule has 0 bridgehead atoms. The van der Waals surface area contributed by atoms with Gasteiger partial charge in [0.1, 0.15) is 23.5 Å². The number of anilines is 3. The van der Waals surface area contributed by atoms with Crippen molar-refractivity contribution in [3.8, 4) is 0 Å². The number of benzene rings is 1. The molecule has 0 spiro atoms. The number of alkyl halides is 3. The van der Waals surface area contributed by atoms with Gasteiger partial charge in [-0.15, -0.1) is 0 Å². The van der Waals surface area contributed by atoms with Crippen LogP contribution in [0.15, 0.2) is 49.2 Å². The van der Waals surface area contributed by atoms with E-state index in [2.05, 4.69) is 11.6 Å². The van der Waals surface area contributed by atoms with E-state index in [9.17, 15) is 27.6 Å². The number of hydrogen-bond acceptors (Lipinski definition) is 6. The average molecular weight is 612 g/mol. The molecule has 44 heavy (non-hydrogen) atoms. The molecule has 3 aliphatic heterocycles. The molecule has 14 heteroatoms. The normalized spacial score (nSPS) is 20.2. The van der Waals surface area contributed by atoms with E-state index in [0.29, 0.717) is 24.6 Å². The minimum absolute atomic E-state index is 0.0433. The molecule has 2 aromatic heterocycles. The standard InChI is InChI=1S/C30H29F4N7O3/c1-4-25(42)39-9-8-38-14-20(36-24(38)16-39)15-40-13-18-11-26(43)41(23-12-19(30(32,33)34)10-17(2)35-23)27(18)29(44)37(3)22-7-5-6-21(31)28(22)40/h4-7,10,12,14,18,27H,1,8-9,11,13,15-16H2,2-3H3/t18-,27+/m1/s1. The van der Waals surface area contributed by atoms with Gasteiger partial charge in [0, 0.05) is 50.9 Å². The van der Waals surface area contributed by atoms with E-state index in [1.165, 1.54) is 37.1 Å². The lowest BCUT2D eigenvalue weighted by Crippen LogP contribution is -2.52. The molecule has 0 radical (unpaired) electrons. The second-order valence-corrected chi connectivity index (χ2v) is 11.2. The monoisotopic (exact) mass is 611 g/mol. The number of aromatic nitrogens is 3. The van der Waals surface area contributed by atoms with Crippen molar-refractivity contribution in [1.29, 1.82) is 0 Å². The number of imidazole rings is 1. The van der Waals surface area contributed by atoms with Crippen LogP contribution < -0.4 is 14.7 Å². The van der Waals surface area contributed by atoms with Gasteiger partial charge in [0.15, 0.2) is 0 Å². The minimum atomic E-state index is -4.68. The number of aryl methyl sites for hydroxylation is 1. The molecule has 1 aromatic carbocycles. The Labute approximate surface area is 250 Å². The van der Waals surface area contributed by atoms with Crippen LogP contribution in [0.1, 0.15) is 29.2 Å². The van der Waals surface area contributed by atoms with Crippen LogP contribution in [0.5, 0.6) is 0 Å². The summed E-state index contributed by atoms with van der Waals surface area (Å²) in [7, 11) is 1.45. The number of likely N-dealkylation sites (N-methyl/N-ethyl adjacent to an activating group) is 1. The highest BCUT2D eigenvalue weighted by Gasteiger charge is 2.49. The highest BCUT2D eigenvalue weighted by atomic mass is 19.4. The van der Waals surface area contributed by atoms with E-state index in [1.54, 1.807) is 15.9 Å². The summed E-state index contributed by atoms with van der Waals surface area (Å²) in [5.74, 6) is -2.20. The highest BCUT2D eigenvalue weighted by Crippen LogP contribution is 2.41. The lowest BCUT2D eigenvalue weighted by molar-refractivity contribution is -0.137. The fourth-order valence-corrected chi connectivity index (χ4v) is 6.31. The van der Waals surface area contributed by atoms with Crippen molar-refractivity contribution in [3.05, 3.63) is 77.8 Å². The zero-order valence-corrected chi connectivity index (χ0v) is 24.0. The van der Waals surface area contributed by atoms with Gasteiger partial charge in [0.05, 0.1) is 35.7 Å². The summed E-state index contributed by atoms with van der Waals surface area (Å²) in [5.41, 5.74) is 0.0466. The molecule has 0 N–H and O–H groups in total. The second-order valence-electron chi connectivity index (χ2n) is 11.2. The summed E-state index contributed by atoms with van der Waals surface area (Å²) in [5, 5.41) is 0. The quantitative estimate of drug-likeness (QED) is 0.330. The summed E-state index contributed by atoms with van der Waals surface area (Å²) in [6, 6.07) is 4.81. The van der Waals surface area contributed by atoms with E-state index < -0.39 is 41.3 Å². The fraction of sp³-hybridized carbons (Fsp3) is 0.367. The molecule has 0 unspecified atom stereocenters. The van der Waals surface area contributed by atoms with Gasteiger partial charge in [-0.05, 0) is 37.3 Å². The number of amides is 3. The first-order valence-corrected chi connectivity index (χ1v) is 14.0. The number of halogens is 4. The fourth-order valence-electron chi connectivity index (χ4n) is 6.31. The van der Waals surface area contributed by atoms with E-state index in [-0.39, 0.29) is 54.8 Å². The van der Waals surface area contributed by atoms with Crippen molar-refractivity contribution in [2.75, 3.05) is 34.8 Å². The van der Waals surface area contributed by atoms with Crippen LogP contribution in [-0.4, -0.2) is 63.3 Å². The van der Waals surface area contributed by atoms with Gasteiger partial charge in [-0.3, -0.25) is 19.3 Å². The number of para-hydroxylation sites is 1. The number of nitrogens with zero attached hydrogens (tertiary/aromatic N) is 7. The average Bonchev–Trinajstić information content (AvgIpc) is 3.53. The van der Waals surface area contributed by atoms with Gasteiger partial charge < -0.3 is 19.3 Å². The van der Waals surface area contributed by atoms with Crippen LogP contribution >= 0.6 is 0 Å². The van der Waals surface area contributed by atoms with Crippen LogP contribution in [0.3, 0.4) is 0 Å². The van der Waals surface area contributed by atoms with Crippen LogP contribution in [0.25, 0.3) is 0 Å². The van der Waals surface area contributed by atoms with Crippen molar-refractivity contribution >= 4 is 34.9 Å². The Kier molecular flexibility index (Phi) is 7.17. The lowest BCUT2D eigenvalue weighted by atomic mass is 9.95. The third-order valence-electron chi connectivity index (χ3n) is 8.32. The van der Waals surface area contributed by atoms with Crippen molar-refractivity contribution in [2.24, 2.45) is 5.92 Å². The third kappa shape index (κ3) is 5.07. The van der Waals surface area contributed by atoms with Crippen LogP contribution in [0, 0.1) is 18.7 Å². The molecule has 3 aliphatic rings. The van der Waals surface area contributed by atoms with Gasteiger partial charge in [-0.25, -0.2) is 14.4 Å². The Morgan fingerprint density at radius 1 is 1.16 bits per heavy atom. The molecule has 3 amide bonds. The number of carbonyl (C=O) groups excluding carboxylic acids is 3. The Morgan fingerprint density at radius 2 is 1.93 bits per heavy atom. The maximum absolute atomic E-state index is 15.6. The van der Waals surface area contributed by atoms with Gasteiger partial charge in [0.2, 0.25) is 17.7 Å². The summed E-state index contributed by atoms with van der Waals surface area (Å²) >= 11 is 0. The largest absolute Gasteiger partial charge is 0.416 e. The SMILES string of the molecule is C=CC(=O)N1CCn2cc(CN3C[C@H]4CC(=O)N(c5cc(C(F)(F)F)cc(C)n5)[C@@H]4C(=O)N(C)c4cccc(F)c43)nc2C1. The predicted molar refractivity (Wildman–Crippen MR) is 152 cm³/mol. The molecule has 1 fully saturated rings. The Bertz CT molecular complexity index is 1690. The molecule has 10 nitrogen and oxygen atoms in total. The molecule has 230 valence electrons. The van der Waals surface area contributed by atoms with Crippen molar-refractivity contribution in [2.45, 2.75) is 45.2 Å². The van der Waals surface area contributed by atoms with Crippen molar-refractivity contribution < 1.29 is 31.9 Å². The van der Waals surface area contributed by atoms with Crippen LogP contribution in [-0.2, 0) is 40.2 Å². The Morgan fingerprint density at radius 3 is 2.66 bits per heavy atom. The molecule has 0 aliphatic carbocycles. The minimum Gasteiger partial charge on any atom is -0.361 e. The maximum Gasteiger partial charge on any atom is 0.416 e. The molecule has 0 saturated carbocycles. The van der Waals surface area contributed by atoms with E-state index in [4.69, 9.17) is 4.98 Å². The lowest BCUT2D eigenvalue weighted by Gasteiger charge is -2.38. The Hall–Kier alpha value is -4.75. The number of carbonyl (C=O) groups is 3. The first-order chi connectivity index (χ1) is 20.8. The number of fused-ring (bicyclic) bond motifs is 3. The van der Waals surface area contributed by atoms with E-state index in [1.807, 2.05) is 10.8 Å². The number of hydrogen-bond donors (Lipinski definition) is 0. The first kappa shape index (κ1) is 29.3. The smallest absolute Gasteiger partial charge is 0.361 e. The second kappa shape index (κ2) is 10.8. The highest BCUT2D eigenvalue weighted by molar-refractivity contribution is 6.10. The summed E-state index contributed by atoms with van der Waals surface area (Å²) in [6.45, 7) is 6.36. The van der Waals surface area contributed by atoms with Crippen LogP contribution in [0.2, 0.25) is 0 Å². The van der Waals surface area contributed by atoms with Crippen molar-refractivity contribution in [1.82, 2.24) is 19.4 Å². The van der Waals surface area contributed by atoms with Gasteiger partial charge >= 0.3 is 6.18 Å². The molecular formula is C30H29F4N7O3. The summed E-state index contributed by atoms with van der Waals surface area (Å²) in [4.78, 5) is 54.1. The van der Waals surface area contributed by atoms with E-state index >= 15 is 4.39 Å². The topological polar surface area (TPSA) is 94.9 Å². The van der Waals surface area contributed by atoms with Crippen LogP contribution in [0.4, 0.5) is 34.8 Å². The molecule has 2 atom stereocenters. The van der Waals surface area contributed by atoms with Crippen molar-refractivity contribution in [3.63, 3.8) is 0 Å². The number of pyridine rings is 1. The molecule has 3 aromatic rings. The Balaban J connectivity index is 1.39. The predicted octanol–water partition coefficient (Wildman–Crippen LogP) is 3.68. The zero-order valence-electron chi connectivity index (χ0n) is 24.0. The van der Waals surface area contributed by atoms with Gasteiger partial charge in [0.25, 0.3) is 0 Å². The number of rotatable bonds is 4. The zero-order chi connectivity index (χ0) is 31.5. The third-order valence-corrected chi connectivity index (χ3v) is 8.32. The summed E-state index contributed by atoms with van der Waals surface area (Å²) < 4.78 is 58.5. The van der Waals surface area contributed by atoms with Gasteiger partial charge in [-0.1, -0.05) is 12.6 Å². The molecule has 5 heterocycles. The summed E-state index contributed by atoms with van der Waals surface area (Å²) in [6.07, 6.45) is -1.76. The first-order valence-electron chi connectivity index (χ1n) is 14.0. The maximum atomic E-state index is 15.6.